The summed E-state index contributed by atoms with van der Waals surface area (Å²) in [6.45, 7) is 4.19. The first kappa shape index (κ1) is 14.2. The summed E-state index contributed by atoms with van der Waals surface area (Å²) in [4.78, 5) is 1.26. The van der Waals surface area contributed by atoms with Gasteiger partial charge in [0.1, 0.15) is 0 Å². The van der Waals surface area contributed by atoms with Crippen LogP contribution >= 0.6 is 11.8 Å². The minimum atomic E-state index is -0.300. The molecule has 0 aliphatic heterocycles. The highest BCUT2D eigenvalue weighted by Gasteiger charge is 2.07. The molecule has 19 heavy (non-hydrogen) atoms. The van der Waals surface area contributed by atoms with Crippen LogP contribution < -0.4 is 0 Å². The Balaban J connectivity index is 1.88. The van der Waals surface area contributed by atoms with Crippen LogP contribution in [0.25, 0.3) is 0 Å². The molecule has 1 unspecified atom stereocenters. The highest BCUT2D eigenvalue weighted by atomic mass is 32.2. The van der Waals surface area contributed by atoms with E-state index < -0.39 is 0 Å². The van der Waals surface area contributed by atoms with E-state index in [-0.39, 0.29) is 6.10 Å². The third-order valence-electron chi connectivity index (χ3n) is 3.08. The number of aliphatic hydroxyl groups is 1. The van der Waals surface area contributed by atoms with Crippen LogP contribution in [0.3, 0.4) is 0 Å². The number of aliphatic hydroxyl groups excluding tert-OH is 1. The molecule has 0 spiro atoms. The van der Waals surface area contributed by atoms with Crippen LogP contribution in [0.15, 0.2) is 53.4 Å². The van der Waals surface area contributed by atoms with Crippen molar-refractivity contribution in [3.63, 3.8) is 0 Å². The molecule has 1 N–H and O–H groups in total. The monoisotopic (exact) mass is 272 g/mol. The fraction of sp³-hybridized carbons (Fsp3) is 0.294. The van der Waals surface area contributed by atoms with E-state index in [2.05, 4.69) is 44.2 Å². The minimum Gasteiger partial charge on any atom is -0.392 e. The lowest BCUT2D eigenvalue weighted by molar-refractivity contribution is 0.200. The largest absolute Gasteiger partial charge is 0.392 e. The fourth-order valence-electron chi connectivity index (χ4n) is 2.07. The molecule has 2 rings (SSSR count). The van der Waals surface area contributed by atoms with Gasteiger partial charge in [0.15, 0.2) is 0 Å². The van der Waals surface area contributed by atoms with Crippen LogP contribution in [-0.4, -0.2) is 17.0 Å². The zero-order chi connectivity index (χ0) is 13.7. The van der Waals surface area contributed by atoms with Crippen molar-refractivity contribution in [1.29, 1.82) is 0 Å². The summed E-state index contributed by atoms with van der Waals surface area (Å²) in [7, 11) is 0. The van der Waals surface area contributed by atoms with Gasteiger partial charge in [0, 0.05) is 10.6 Å². The van der Waals surface area contributed by atoms with Crippen LogP contribution in [0, 0.1) is 13.8 Å². The second-order valence-corrected chi connectivity index (χ2v) is 5.99. The maximum absolute atomic E-state index is 10.1. The van der Waals surface area contributed by atoms with Crippen molar-refractivity contribution in [3.05, 3.63) is 65.2 Å². The van der Waals surface area contributed by atoms with Gasteiger partial charge >= 0.3 is 0 Å². The Bertz CT molecular complexity index is 536. The van der Waals surface area contributed by atoms with E-state index in [1.165, 1.54) is 21.6 Å². The summed E-state index contributed by atoms with van der Waals surface area (Å²) in [6.07, 6.45) is 0.423. The molecule has 0 aliphatic carbocycles. The molecule has 2 aromatic carbocycles. The molecule has 100 valence electrons. The first-order valence-corrected chi connectivity index (χ1v) is 7.56. The van der Waals surface area contributed by atoms with Gasteiger partial charge in [-0.3, -0.25) is 0 Å². The Hall–Kier alpha value is -1.25. The average molecular weight is 272 g/mol. The maximum atomic E-state index is 10.1. The fourth-order valence-corrected chi connectivity index (χ4v) is 3.03. The number of thioether (sulfide) groups is 1. The summed E-state index contributed by atoms with van der Waals surface area (Å²) in [5.41, 5.74) is 3.73. The third-order valence-corrected chi connectivity index (χ3v) is 4.40. The molecular formula is C17H20OS. The molecule has 0 fully saturated rings. The summed E-state index contributed by atoms with van der Waals surface area (Å²) in [5, 5.41) is 10.1. The van der Waals surface area contributed by atoms with Gasteiger partial charge in [-0.25, -0.2) is 0 Å². The van der Waals surface area contributed by atoms with E-state index >= 15 is 0 Å². The molecule has 0 saturated carbocycles. The molecule has 2 aromatic rings. The molecule has 0 radical (unpaired) electrons. The number of rotatable bonds is 5. The van der Waals surface area contributed by atoms with Gasteiger partial charge in [0.2, 0.25) is 0 Å². The second-order valence-electron chi connectivity index (χ2n) is 4.92. The lowest BCUT2D eigenvalue weighted by atomic mass is 10.1. The van der Waals surface area contributed by atoms with Gasteiger partial charge in [-0.2, -0.15) is 0 Å². The maximum Gasteiger partial charge on any atom is 0.0674 e. The highest BCUT2D eigenvalue weighted by molar-refractivity contribution is 7.99. The molecule has 0 amide bonds. The number of aryl methyl sites for hydroxylation is 2. The SMILES string of the molecule is Cc1cccc(CC(O)CSc2ccccc2C)c1. The predicted octanol–water partition coefficient (Wildman–Crippen LogP) is 4.00. The Morgan fingerprint density at radius 3 is 2.58 bits per heavy atom. The first-order chi connectivity index (χ1) is 9.15. The lowest BCUT2D eigenvalue weighted by Gasteiger charge is -2.12. The number of hydrogen-bond donors (Lipinski definition) is 1. The molecule has 0 aliphatic rings. The smallest absolute Gasteiger partial charge is 0.0674 e. The average Bonchev–Trinajstić information content (AvgIpc) is 2.38. The topological polar surface area (TPSA) is 20.2 Å². The quantitative estimate of drug-likeness (QED) is 0.830. The van der Waals surface area contributed by atoms with E-state index in [0.29, 0.717) is 0 Å². The molecule has 1 nitrogen and oxygen atoms in total. The molecule has 0 bridgehead atoms. The van der Waals surface area contributed by atoms with Crippen LogP contribution in [0.2, 0.25) is 0 Å². The zero-order valence-electron chi connectivity index (χ0n) is 11.5. The van der Waals surface area contributed by atoms with Gasteiger partial charge in [0.05, 0.1) is 6.10 Å². The standard InChI is InChI=1S/C17H20OS/c1-13-6-5-8-15(10-13)11-16(18)12-19-17-9-4-3-7-14(17)2/h3-10,16,18H,11-12H2,1-2H3. The zero-order valence-corrected chi connectivity index (χ0v) is 12.3. The highest BCUT2D eigenvalue weighted by Crippen LogP contribution is 2.23. The van der Waals surface area contributed by atoms with Gasteiger partial charge in [-0.15, -0.1) is 11.8 Å². The van der Waals surface area contributed by atoms with Crippen LogP contribution in [-0.2, 0) is 6.42 Å². The number of benzene rings is 2. The van der Waals surface area contributed by atoms with Gasteiger partial charge in [-0.1, -0.05) is 48.0 Å². The normalized spacial score (nSPS) is 12.4. The summed E-state index contributed by atoms with van der Waals surface area (Å²) in [5.74, 6) is 0.735. The van der Waals surface area contributed by atoms with Crippen molar-refractivity contribution in [2.75, 3.05) is 5.75 Å². The minimum absolute atomic E-state index is 0.300. The molecular weight excluding hydrogens is 252 g/mol. The Morgan fingerprint density at radius 2 is 1.84 bits per heavy atom. The molecule has 2 heteroatoms. The van der Waals surface area contributed by atoms with Gasteiger partial charge in [0.25, 0.3) is 0 Å². The number of hydrogen-bond acceptors (Lipinski definition) is 2. The van der Waals surface area contributed by atoms with E-state index in [1.54, 1.807) is 11.8 Å². The predicted molar refractivity (Wildman–Crippen MR) is 82.8 cm³/mol. The van der Waals surface area contributed by atoms with E-state index in [0.717, 1.165) is 12.2 Å². The molecule has 1 atom stereocenters. The summed E-state index contributed by atoms with van der Waals surface area (Å²) in [6, 6.07) is 16.7. The third kappa shape index (κ3) is 4.41. The second kappa shape index (κ2) is 6.78. The summed E-state index contributed by atoms with van der Waals surface area (Å²) >= 11 is 1.73. The van der Waals surface area contributed by atoms with Crippen molar-refractivity contribution in [2.24, 2.45) is 0 Å². The van der Waals surface area contributed by atoms with Crippen LogP contribution in [0.1, 0.15) is 16.7 Å². The van der Waals surface area contributed by atoms with Gasteiger partial charge in [-0.05, 0) is 37.5 Å². The first-order valence-electron chi connectivity index (χ1n) is 6.57. The Morgan fingerprint density at radius 1 is 1.05 bits per heavy atom. The van der Waals surface area contributed by atoms with E-state index in [4.69, 9.17) is 0 Å². The lowest BCUT2D eigenvalue weighted by Crippen LogP contribution is -2.13. The van der Waals surface area contributed by atoms with Crippen LogP contribution in [0.5, 0.6) is 0 Å². The van der Waals surface area contributed by atoms with E-state index in [1.807, 2.05) is 18.2 Å². The summed E-state index contributed by atoms with van der Waals surface area (Å²) < 4.78 is 0. The van der Waals surface area contributed by atoms with Crippen LogP contribution in [0.4, 0.5) is 0 Å². The van der Waals surface area contributed by atoms with Crippen molar-refractivity contribution in [1.82, 2.24) is 0 Å². The molecule has 0 saturated heterocycles. The van der Waals surface area contributed by atoms with Crippen molar-refractivity contribution >= 4 is 11.8 Å². The van der Waals surface area contributed by atoms with Gasteiger partial charge < -0.3 is 5.11 Å². The Labute approximate surface area is 119 Å². The van der Waals surface area contributed by atoms with Crippen molar-refractivity contribution in [2.45, 2.75) is 31.3 Å². The molecule has 0 aromatic heterocycles. The van der Waals surface area contributed by atoms with Crippen molar-refractivity contribution in [3.8, 4) is 0 Å². The molecule has 0 heterocycles. The van der Waals surface area contributed by atoms with E-state index in [9.17, 15) is 5.11 Å². The Kier molecular flexibility index (Phi) is 5.06. The van der Waals surface area contributed by atoms with Crippen molar-refractivity contribution < 1.29 is 5.11 Å².